The van der Waals surface area contributed by atoms with Gasteiger partial charge in [0.2, 0.25) is 5.91 Å². The maximum Gasteiger partial charge on any atom is 0.258 e. The highest BCUT2D eigenvalue weighted by Crippen LogP contribution is 2.28. The van der Waals surface area contributed by atoms with E-state index < -0.39 is 0 Å². The molecule has 0 unspecified atom stereocenters. The number of benzene rings is 2. The van der Waals surface area contributed by atoms with Crippen molar-refractivity contribution in [3.05, 3.63) is 76.3 Å². The number of para-hydroxylation sites is 1. The SMILES string of the molecule is O=C(CCc1nc2ccccc2c(=O)[nH]1)N1CCC(c2ccccc2)CC1. The highest BCUT2D eigenvalue weighted by molar-refractivity contribution is 5.78. The van der Waals surface area contributed by atoms with Gasteiger partial charge in [0.15, 0.2) is 0 Å². The third kappa shape index (κ3) is 3.92. The number of amides is 1. The van der Waals surface area contributed by atoms with Crippen LogP contribution in [0.15, 0.2) is 59.4 Å². The first-order valence-electron chi connectivity index (χ1n) is 9.51. The zero-order valence-corrected chi connectivity index (χ0v) is 15.2. The molecule has 0 aliphatic carbocycles. The van der Waals surface area contributed by atoms with Crippen molar-refractivity contribution < 1.29 is 4.79 Å². The summed E-state index contributed by atoms with van der Waals surface area (Å²) in [5, 5.41) is 0.579. The van der Waals surface area contributed by atoms with Crippen LogP contribution in [0.25, 0.3) is 10.9 Å². The van der Waals surface area contributed by atoms with E-state index in [1.165, 1.54) is 5.56 Å². The van der Waals surface area contributed by atoms with Gasteiger partial charge in [0, 0.05) is 25.9 Å². The Morgan fingerprint density at radius 2 is 1.74 bits per heavy atom. The lowest BCUT2D eigenvalue weighted by Crippen LogP contribution is -2.38. The zero-order valence-electron chi connectivity index (χ0n) is 15.2. The lowest BCUT2D eigenvalue weighted by molar-refractivity contribution is -0.132. The maximum atomic E-state index is 12.6. The molecule has 0 saturated carbocycles. The van der Waals surface area contributed by atoms with Crippen LogP contribution in [0.5, 0.6) is 0 Å². The first kappa shape index (κ1) is 17.5. The van der Waals surface area contributed by atoms with Crippen molar-refractivity contribution in [2.75, 3.05) is 13.1 Å². The average Bonchev–Trinajstić information content (AvgIpc) is 2.73. The molecule has 0 spiro atoms. The Labute approximate surface area is 158 Å². The van der Waals surface area contributed by atoms with Crippen LogP contribution in [0.3, 0.4) is 0 Å². The molecule has 3 aromatic rings. The van der Waals surface area contributed by atoms with Crippen LogP contribution in [0.1, 0.15) is 36.6 Å². The highest BCUT2D eigenvalue weighted by Gasteiger charge is 2.23. The van der Waals surface area contributed by atoms with E-state index in [0.717, 1.165) is 25.9 Å². The van der Waals surface area contributed by atoms with Gasteiger partial charge < -0.3 is 9.88 Å². The number of piperidine rings is 1. The van der Waals surface area contributed by atoms with Crippen molar-refractivity contribution in [3.63, 3.8) is 0 Å². The number of nitrogens with one attached hydrogen (secondary N) is 1. The molecule has 0 bridgehead atoms. The number of carbonyl (C=O) groups excluding carboxylic acids is 1. The van der Waals surface area contributed by atoms with Gasteiger partial charge in [0.05, 0.1) is 10.9 Å². The second kappa shape index (κ2) is 7.74. The van der Waals surface area contributed by atoms with Gasteiger partial charge in [-0.25, -0.2) is 4.98 Å². The minimum atomic E-state index is -0.147. The number of likely N-dealkylation sites (tertiary alicyclic amines) is 1. The molecular formula is C22H23N3O2. The van der Waals surface area contributed by atoms with Gasteiger partial charge in [0.1, 0.15) is 5.82 Å². The lowest BCUT2D eigenvalue weighted by Gasteiger charge is -2.32. The molecule has 1 amide bonds. The smallest absolute Gasteiger partial charge is 0.258 e. The highest BCUT2D eigenvalue weighted by atomic mass is 16.2. The summed E-state index contributed by atoms with van der Waals surface area (Å²) in [6.45, 7) is 1.58. The number of hydrogen-bond donors (Lipinski definition) is 1. The van der Waals surface area contributed by atoms with Gasteiger partial charge in [0.25, 0.3) is 5.56 Å². The second-order valence-corrected chi connectivity index (χ2v) is 7.10. The third-order valence-corrected chi connectivity index (χ3v) is 5.36. The van der Waals surface area contributed by atoms with Crippen LogP contribution < -0.4 is 5.56 Å². The van der Waals surface area contributed by atoms with Crippen LogP contribution in [-0.4, -0.2) is 33.9 Å². The summed E-state index contributed by atoms with van der Waals surface area (Å²) in [7, 11) is 0. The van der Waals surface area contributed by atoms with Crippen LogP contribution in [0.4, 0.5) is 0 Å². The fourth-order valence-corrected chi connectivity index (χ4v) is 3.82. The van der Waals surface area contributed by atoms with Crippen molar-refractivity contribution >= 4 is 16.8 Å². The number of aryl methyl sites for hydroxylation is 1. The molecule has 1 saturated heterocycles. The molecule has 2 heterocycles. The molecule has 1 aliphatic rings. The van der Waals surface area contributed by atoms with E-state index in [-0.39, 0.29) is 11.5 Å². The van der Waals surface area contributed by atoms with Gasteiger partial charge in [-0.3, -0.25) is 9.59 Å². The quantitative estimate of drug-likeness (QED) is 0.776. The first-order chi connectivity index (χ1) is 13.2. The molecule has 0 atom stereocenters. The Bertz CT molecular complexity index is 989. The normalized spacial score (nSPS) is 15.2. The molecule has 1 N–H and O–H groups in total. The standard InChI is InChI=1S/C22H23N3O2/c26-21(25-14-12-17(13-15-25)16-6-2-1-3-7-16)11-10-20-23-19-9-5-4-8-18(19)22(27)24-20/h1-9,17H,10-15H2,(H,23,24,27). The minimum Gasteiger partial charge on any atom is -0.343 e. The number of carbonyl (C=O) groups is 1. The largest absolute Gasteiger partial charge is 0.343 e. The molecule has 4 rings (SSSR count). The molecule has 27 heavy (non-hydrogen) atoms. The van der Waals surface area contributed by atoms with Gasteiger partial charge >= 0.3 is 0 Å². The van der Waals surface area contributed by atoms with E-state index in [1.807, 2.05) is 29.2 Å². The third-order valence-electron chi connectivity index (χ3n) is 5.36. The molecule has 138 valence electrons. The number of aromatic nitrogens is 2. The van der Waals surface area contributed by atoms with Gasteiger partial charge in [-0.1, -0.05) is 42.5 Å². The topological polar surface area (TPSA) is 66.1 Å². The fourth-order valence-electron chi connectivity index (χ4n) is 3.82. The average molecular weight is 361 g/mol. The maximum absolute atomic E-state index is 12.6. The molecule has 0 radical (unpaired) electrons. The fraction of sp³-hybridized carbons (Fsp3) is 0.318. The Hall–Kier alpha value is -2.95. The van der Waals surface area contributed by atoms with Gasteiger partial charge in [-0.2, -0.15) is 0 Å². The Balaban J connectivity index is 1.34. The summed E-state index contributed by atoms with van der Waals surface area (Å²) < 4.78 is 0. The lowest BCUT2D eigenvalue weighted by atomic mass is 9.89. The number of nitrogens with zero attached hydrogens (tertiary/aromatic N) is 2. The van der Waals surface area contributed by atoms with Crippen LogP contribution in [0.2, 0.25) is 0 Å². The number of hydrogen-bond acceptors (Lipinski definition) is 3. The summed E-state index contributed by atoms with van der Waals surface area (Å²) in [5.74, 6) is 1.25. The van der Waals surface area contributed by atoms with Crippen molar-refractivity contribution in [2.24, 2.45) is 0 Å². The van der Waals surface area contributed by atoms with Crippen LogP contribution in [-0.2, 0) is 11.2 Å². The number of fused-ring (bicyclic) bond motifs is 1. The summed E-state index contributed by atoms with van der Waals surface area (Å²) in [6, 6.07) is 17.8. The molecule has 5 heteroatoms. The molecule has 1 aromatic heterocycles. The van der Waals surface area contributed by atoms with E-state index in [2.05, 4.69) is 34.2 Å². The summed E-state index contributed by atoms with van der Waals surface area (Å²) in [6.07, 6.45) is 2.83. The predicted molar refractivity (Wildman–Crippen MR) is 106 cm³/mol. The predicted octanol–water partition coefficient (Wildman–Crippen LogP) is 3.26. The van der Waals surface area contributed by atoms with Crippen molar-refractivity contribution in [1.29, 1.82) is 0 Å². The number of aromatic amines is 1. The summed E-state index contributed by atoms with van der Waals surface area (Å²) >= 11 is 0. The van der Waals surface area contributed by atoms with Crippen molar-refractivity contribution in [3.8, 4) is 0 Å². The molecule has 5 nitrogen and oxygen atoms in total. The van der Waals surface area contributed by atoms with E-state index >= 15 is 0 Å². The van der Waals surface area contributed by atoms with E-state index in [1.54, 1.807) is 6.07 Å². The van der Waals surface area contributed by atoms with Crippen LogP contribution >= 0.6 is 0 Å². The number of rotatable bonds is 4. The first-order valence-corrected chi connectivity index (χ1v) is 9.51. The Morgan fingerprint density at radius 3 is 2.52 bits per heavy atom. The number of H-pyrrole nitrogens is 1. The minimum absolute atomic E-state index is 0.136. The molecular weight excluding hydrogens is 338 g/mol. The van der Waals surface area contributed by atoms with E-state index in [0.29, 0.717) is 35.5 Å². The molecule has 2 aromatic carbocycles. The van der Waals surface area contributed by atoms with E-state index in [4.69, 9.17) is 0 Å². The van der Waals surface area contributed by atoms with Crippen LogP contribution in [0, 0.1) is 0 Å². The Morgan fingerprint density at radius 1 is 1.04 bits per heavy atom. The van der Waals surface area contributed by atoms with Gasteiger partial charge in [-0.05, 0) is 36.5 Å². The van der Waals surface area contributed by atoms with Crippen molar-refractivity contribution in [1.82, 2.24) is 14.9 Å². The monoisotopic (exact) mass is 361 g/mol. The zero-order chi connectivity index (χ0) is 18.6. The van der Waals surface area contributed by atoms with E-state index in [9.17, 15) is 9.59 Å². The van der Waals surface area contributed by atoms with Gasteiger partial charge in [-0.15, -0.1) is 0 Å². The summed E-state index contributed by atoms with van der Waals surface area (Å²) in [5.41, 5.74) is 1.89. The summed E-state index contributed by atoms with van der Waals surface area (Å²) in [4.78, 5) is 33.9. The Kier molecular flexibility index (Phi) is 5.01. The molecule has 1 fully saturated rings. The second-order valence-electron chi connectivity index (χ2n) is 7.10. The molecule has 1 aliphatic heterocycles. The van der Waals surface area contributed by atoms with Crippen molar-refractivity contribution in [2.45, 2.75) is 31.6 Å².